The van der Waals surface area contributed by atoms with E-state index in [0.717, 1.165) is 38.5 Å². The number of rotatable bonds is 2. The van der Waals surface area contributed by atoms with Gasteiger partial charge in [0, 0.05) is 25.6 Å². The summed E-state index contributed by atoms with van der Waals surface area (Å²) in [7, 11) is 0. The smallest absolute Gasteiger partial charge is 0.407 e. The Morgan fingerprint density at radius 3 is 2.81 bits per heavy atom. The van der Waals surface area contributed by atoms with Crippen LogP contribution in [0.5, 0.6) is 0 Å². The summed E-state index contributed by atoms with van der Waals surface area (Å²) < 4.78 is 7.29. The molecule has 0 aromatic carbocycles. The van der Waals surface area contributed by atoms with Crippen molar-refractivity contribution in [2.24, 2.45) is 5.73 Å². The summed E-state index contributed by atoms with van der Waals surface area (Å²) >= 11 is 0. The standard InChI is InChI=1S/C17H26N6O3/c18-12-2-4-13(5-3-12)23-10-14(20-21-23)15(24)22-8-1-6-17(7-9-22)11-19-16(25)26-17/h10,12-13H,1-9,11,18H2,(H,19,25)/t12?,13?,17-/m1/s1. The molecule has 3 heterocycles. The van der Waals surface area contributed by atoms with Crippen LogP contribution in [0.1, 0.15) is 61.5 Å². The van der Waals surface area contributed by atoms with Gasteiger partial charge in [-0.3, -0.25) is 4.79 Å². The molecular weight excluding hydrogens is 336 g/mol. The second-order valence-corrected chi connectivity index (χ2v) is 7.72. The molecule has 0 bridgehead atoms. The van der Waals surface area contributed by atoms with Gasteiger partial charge in [-0.1, -0.05) is 5.21 Å². The maximum absolute atomic E-state index is 12.8. The van der Waals surface area contributed by atoms with Crippen LogP contribution in [-0.2, 0) is 4.74 Å². The Labute approximate surface area is 152 Å². The molecule has 3 aliphatic rings. The van der Waals surface area contributed by atoms with E-state index in [2.05, 4.69) is 15.6 Å². The van der Waals surface area contributed by atoms with Crippen LogP contribution < -0.4 is 11.1 Å². The zero-order valence-electron chi connectivity index (χ0n) is 14.9. The van der Waals surface area contributed by atoms with Crippen LogP contribution in [0.25, 0.3) is 0 Å². The average molecular weight is 362 g/mol. The molecule has 3 fully saturated rings. The van der Waals surface area contributed by atoms with E-state index in [1.165, 1.54) is 0 Å². The Balaban J connectivity index is 1.39. The Hall–Kier alpha value is -2.16. The maximum Gasteiger partial charge on any atom is 0.407 e. The number of alkyl carbamates (subject to hydrolysis) is 1. The van der Waals surface area contributed by atoms with Crippen molar-refractivity contribution in [2.75, 3.05) is 19.6 Å². The van der Waals surface area contributed by atoms with Gasteiger partial charge in [0.25, 0.3) is 5.91 Å². The molecule has 1 aliphatic carbocycles. The average Bonchev–Trinajstić information content (AvgIpc) is 3.20. The quantitative estimate of drug-likeness (QED) is 0.805. The summed E-state index contributed by atoms with van der Waals surface area (Å²) in [6, 6.07) is 0.555. The summed E-state index contributed by atoms with van der Waals surface area (Å²) in [5.74, 6) is -0.0990. The highest BCUT2D eigenvalue weighted by molar-refractivity contribution is 5.92. The van der Waals surface area contributed by atoms with Crippen molar-refractivity contribution in [3.05, 3.63) is 11.9 Å². The first-order chi connectivity index (χ1) is 12.5. The molecule has 2 saturated heterocycles. The number of carbonyl (C=O) groups is 2. The van der Waals surface area contributed by atoms with Gasteiger partial charge in [-0.05, 0) is 38.5 Å². The van der Waals surface area contributed by atoms with Crippen LogP contribution in [0.4, 0.5) is 4.79 Å². The molecule has 1 aromatic heterocycles. The van der Waals surface area contributed by atoms with Gasteiger partial charge in [-0.25, -0.2) is 9.48 Å². The number of likely N-dealkylation sites (tertiary alicyclic amines) is 1. The molecule has 9 nitrogen and oxygen atoms in total. The fraction of sp³-hybridized carbons (Fsp3) is 0.765. The van der Waals surface area contributed by atoms with Crippen molar-refractivity contribution >= 4 is 12.0 Å². The minimum Gasteiger partial charge on any atom is -0.441 e. The van der Waals surface area contributed by atoms with Crippen LogP contribution in [0, 0.1) is 0 Å². The molecule has 1 spiro atoms. The first kappa shape index (κ1) is 17.3. The maximum atomic E-state index is 12.8. The van der Waals surface area contributed by atoms with Crippen molar-refractivity contribution < 1.29 is 14.3 Å². The van der Waals surface area contributed by atoms with E-state index in [1.807, 2.05) is 4.68 Å². The predicted molar refractivity (Wildman–Crippen MR) is 92.5 cm³/mol. The zero-order chi connectivity index (χ0) is 18.1. The SMILES string of the molecule is NC1CCC(n2cc(C(=O)N3CCC[C@@]4(CC3)CNC(=O)O4)nn2)CC1. The Bertz CT molecular complexity index is 684. The Morgan fingerprint density at radius 1 is 1.27 bits per heavy atom. The van der Waals surface area contributed by atoms with Gasteiger partial charge in [-0.15, -0.1) is 5.10 Å². The van der Waals surface area contributed by atoms with Crippen LogP contribution in [0.3, 0.4) is 0 Å². The van der Waals surface area contributed by atoms with E-state index in [1.54, 1.807) is 11.1 Å². The van der Waals surface area contributed by atoms with Crippen LogP contribution in [0.15, 0.2) is 6.20 Å². The van der Waals surface area contributed by atoms with E-state index in [0.29, 0.717) is 31.7 Å². The van der Waals surface area contributed by atoms with Gasteiger partial charge < -0.3 is 20.7 Å². The lowest BCUT2D eigenvalue weighted by atomic mass is 9.92. The summed E-state index contributed by atoms with van der Waals surface area (Å²) in [4.78, 5) is 26.0. The number of nitrogens with one attached hydrogen (secondary N) is 1. The third-order valence-electron chi connectivity index (χ3n) is 5.89. The number of nitrogens with two attached hydrogens (primary N) is 1. The minimum atomic E-state index is -0.468. The van der Waals surface area contributed by atoms with Crippen LogP contribution in [0.2, 0.25) is 0 Å². The number of aromatic nitrogens is 3. The number of hydrogen-bond acceptors (Lipinski definition) is 6. The lowest BCUT2D eigenvalue weighted by Crippen LogP contribution is -2.36. The van der Waals surface area contributed by atoms with Gasteiger partial charge in [-0.2, -0.15) is 0 Å². The summed E-state index contributed by atoms with van der Waals surface area (Å²) in [6.45, 7) is 1.72. The van der Waals surface area contributed by atoms with Gasteiger partial charge in [0.1, 0.15) is 5.60 Å². The first-order valence-electron chi connectivity index (χ1n) is 9.48. The van der Waals surface area contributed by atoms with Gasteiger partial charge in [0.15, 0.2) is 5.69 Å². The molecule has 2 amide bonds. The summed E-state index contributed by atoms with van der Waals surface area (Å²) in [5.41, 5.74) is 5.88. The van der Waals surface area contributed by atoms with Gasteiger partial charge in [0.2, 0.25) is 0 Å². The molecule has 1 saturated carbocycles. The molecular formula is C17H26N6O3. The van der Waals surface area contributed by atoms with Crippen molar-refractivity contribution in [1.82, 2.24) is 25.2 Å². The Morgan fingerprint density at radius 2 is 2.08 bits per heavy atom. The van der Waals surface area contributed by atoms with Crippen molar-refractivity contribution in [3.63, 3.8) is 0 Å². The number of ether oxygens (including phenoxy) is 1. The van der Waals surface area contributed by atoms with E-state index < -0.39 is 5.60 Å². The first-order valence-corrected chi connectivity index (χ1v) is 9.48. The zero-order valence-corrected chi connectivity index (χ0v) is 14.9. The van der Waals surface area contributed by atoms with E-state index in [4.69, 9.17) is 10.5 Å². The predicted octanol–water partition coefficient (Wildman–Crippen LogP) is 0.825. The lowest BCUT2D eigenvalue weighted by Gasteiger charge is -2.25. The summed E-state index contributed by atoms with van der Waals surface area (Å²) in [5, 5.41) is 11.0. The highest BCUT2D eigenvalue weighted by atomic mass is 16.6. The summed E-state index contributed by atoms with van der Waals surface area (Å²) in [6.07, 6.45) is 7.53. The van der Waals surface area contributed by atoms with E-state index >= 15 is 0 Å². The second-order valence-electron chi connectivity index (χ2n) is 7.72. The molecule has 9 heteroatoms. The highest BCUT2D eigenvalue weighted by Gasteiger charge is 2.42. The normalized spacial score (nSPS) is 32.2. The second kappa shape index (κ2) is 6.86. The molecule has 2 aliphatic heterocycles. The molecule has 1 atom stereocenters. The molecule has 3 N–H and O–H groups in total. The molecule has 0 radical (unpaired) electrons. The number of amides is 2. The molecule has 1 aromatic rings. The molecule has 4 rings (SSSR count). The largest absolute Gasteiger partial charge is 0.441 e. The highest BCUT2D eigenvalue weighted by Crippen LogP contribution is 2.30. The van der Waals surface area contributed by atoms with Crippen LogP contribution in [-0.4, -0.2) is 63.2 Å². The molecule has 0 unspecified atom stereocenters. The van der Waals surface area contributed by atoms with Crippen molar-refractivity contribution in [2.45, 2.75) is 62.6 Å². The van der Waals surface area contributed by atoms with Crippen molar-refractivity contribution in [3.8, 4) is 0 Å². The minimum absolute atomic E-state index is 0.0990. The topological polar surface area (TPSA) is 115 Å². The van der Waals surface area contributed by atoms with Crippen LogP contribution >= 0.6 is 0 Å². The van der Waals surface area contributed by atoms with Gasteiger partial charge >= 0.3 is 6.09 Å². The van der Waals surface area contributed by atoms with Crippen molar-refractivity contribution in [1.29, 1.82) is 0 Å². The molecule has 142 valence electrons. The third-order valence-corrected chi connectivity index (χ3v) is 5.89. The van der Waals surface area contributed by atoms with E-state index in [-0.39, 0.29) is 24.1 Å². The number of nitrogens with zero attached hydrogens (tertiary/aromatic N) is 4. The number of carbonyl (C=O) groups excluding carboxylic acids is 2. The Kier molecular flexibility index (Phi) is 4.56. The fourth-order valence-electron chi connectivity index (χ4n) is 4.23. The molecule has 26 heavy (non-hydrogen) atoms. The van der Waals surface area contributed by atoms with E-state index in [9.17, 15) is 9.59 Å². The van der Waals surface area contributed by atoms with Gasteiger partial charge in [0.05, 0.1) is 18.8 Å². The monoisotopic (exact) mass is 362 g/mol. The third kappa shape index (κ3) is 3.40. The number of hydrogen-bond donors (Lipinski definition) is 2. The fourth-order valence-corrected chi connectivity index (χ4v) is 4.23. The lowest BCUT2D eigenvalue weighted by molar-refractivity contribution is 0.0438.